The van der Waals surface area contributed by atoms with Crippen LogP contribution in [0.25, 0.3) is 0 Å². The molecule has 0 saturated carbocycles. The van der Waals surface area contributed by atoms with Crippen molar-refractivity contribution in [1.82, 2.24) is 25.6 Å². The molecule has 0 unspecified atom stereocenters. The highest BCUT2D eigenvalue weighted by Crippen LogP contribution is 2.08. The Morgan fingerprint density at radius 1 is 1.35 bits per heavy atom. The van der Waals surface area contributed by atoms with Crippen molar-refractivity contribution in [3.8, 4) is 0 Å². The topological polar surface area (TPSA) is 115 Å². The van der Waals surface area contributed by atoms with Gasteiger partial charge in [-0.1, -0.05) is 12.1 Å². The molecule has 20 heavy (non-hydrogen) atoms. The minimum absolute atomic E-state index is 0.0460. The quantitative estimate of drug-likeness (QED) is 0.702. The second-order valence-electron chi connectivity index (χ2n) is 3.83. The molecule has 3 amide bonds. The van der Waals surface area contributed by atoms with Gasteiger partial charge in [0.05, 0.1) is 19.3 Å². The average Bonchev–Trinajstić information content (AvgIpc) is 2.86. The van der Waals surface area contributed by atoms with Crippen LogP contribution >= 0.6 is 0 Å². The molecule has 0 fully saturated rings. The summed E-state index contributed by atoms with van der Waals surface area (Å²) in [7, 11) is 2.68. The molecule has 1 aromatic heterocycles. The molecule has 0 atom stereocenters. The maximum absolute atomic E-state index is 11.5. The van der Waals surface area contributed by atoms with Crippen LogP contribution in [0.5, 0.6) is 0 Å². The lowest BCUT2D eigenvalue weighted by Crippen LogP contribution is -2.37. The average molecular weight is 283 g/mol. The monoisotopic (exact) mass is 283 g/mol. The summed E-state index contributed by atoms with van der Waals surface area (Å²) >= 11 is 0. The predicted molar refractivity (Wildman–Crippen MR) is 68.0 cm³/mol. The zero-order chi connectivity index (χ0) is 15.1. The van der Waals surface area contributed by atoms with Crippen LogP contribution in [0.15, 0.2) is 0 Å². The van der Waals surface area contributed by atoms with Crippen molar-refractivity contribution in [3.05, 3.63) is 11.4 Å². The summed E-state index contributed by atoms with van der Waals surface area (Å²) in [5, 5.41) is 12.0. The number of nitrogens with one attached hydrogen (secondary N) is 2. The van der Waals surface area contributed by atoms with Gasteiger partial charge in [-0.15, -0.1) is 5.10 Å². The molecule has 0 radical (unpaired) electrons. The first-order valence-electron chi connectivity index (χ1n) is 6.05. The molecule has 1 heterocycles. The van der Waals surface area contributed by atoms with Crippen LogP contribution < -0.4 is 10.6 Å². The third-order valence-electron chi connectivity index (χ3n) is 2.58. The number of aromatic nitrogens is 3. The summed E-state index contributed by atoms with van der Waals surface area (Å²) in [4.78, 5) is 33.9. The summed E-state index contributed by atoms with van der Waals surface area (Å²) < 4.78 is 6.05. The first-order valence-corrected chi connectivity index (χ1v) is 6.05. The van der Waals surface area contributed by atoms with E-state index in [1.54, 1.807) is 0 Å². The van der Waals surface area contributed by atoms with Crippen LogP contribution in [-0.4, -0.2) is 47.1 Å². The largest absolute Gasteiger partial charge is 0.464 e. The number of aryl methyl sites for hydroxylation is 1. The molecule has 110 valence electrons. The van der Waals surface area contributed by atoms with Crippen LogP contribution in [0, 0.1) is 0 Å². The van der Waals surface area contributed by atoms with E-state index in [4.69, 9.17) is 0 Å². The standard InChI is InChI=1S/C11H17N5O4/c1-4-7-9(10(18)20-3)14-15-16(7)6-5-8(17)13-11(19)12-2/h4-6H2,1-3H3,(H2,12,13,17,19). The zero-order valence-electron chi connectivity index (χ0n) is 11.6. The number of carbonyl (C=O) groups excluding carboxylic acids is 3. The van der Waals surface area contributed by atoms with E-state index in [0.29, 0.717) is 12.1 Å². The summed E-state index contributed by atoms with van der Waals surface area (Å²) in [6.07, 6.45) is 0.568. The van der Waals surface area contributed by atoms with Gasteiger partial charge >= 0.3 is 12.0 Å². The smallest absolute Gasteiger partial charge is 0.360 e. The second-order valence-corrected chi connectivity index (χ2v) is 3.83. The lowest BCUT2D eigenvalue weighted by Gasteiger charge is -2.06. The number of imide groups is 1. The predicted octanol–water partition coefficient (Wildman–Crippen LogP) is -0.527. The van der Waals surface area contributed by atoms with Gasteiger partial charge in [0.25, 0.3) is 0 Å². The fourth-order valence-corrected chi connectivity index (χ4v) is 1.58. The summed E-state index contributed by atoms with van der Waals surface area (Å²) in [6.45, 7) is 2.06. The maximum Gasteiger partial charge on any atom is 0.360 e. The Morgan fingerprint density at radius 2 is 2.05 bits per heavy atom. The van der Waals surface area contributed by atoms with Gasteiger partial charge < -0.3 is 10.1 Å². The number of rotatable bonds is 5. The van der Waals surface area contributed by atoms with Crippen LogP contribution in [0.3, 0.4) is 0 Å². The van der Waals surface area contributed by atoms with Gasteiger partial charge in [0.2, 0.25) is 5.91 Å². The maximum atomic E-state index is 11.5. The number of carbonyl (C=O) groups is 3. The molecule has 1 rings (SSSR count). The van der Waals surface area contributed by atoms with Gasteiger partial charge in [0, 0.05) is 13.5 Å². The molecular weight excluding hydrogens is 266 g/mol. The molecule has 9 heteroatoms. The van der Waals surface area contributed by atoms with E-state index in [0.717, 1.165) is 0 Å². The Morgan fingerprint density at radius 3 is 2.60 bits per heavy atom. The Balaban J connectivity index is 2.69. The molecule has 0 bridgehead atoms. The van der Waals surface area contributed by atoms with Gasteiger partial charge in [0.1, 0.15) is 0 Å². The van der Waals surface area contributed by atoms with Crippen LogP contribution in [0.4, 0.5) is 4.79 Å². The SMILES string of the molecule is CCc1c(C(=O)OC)nnn1CCC(=O)NC(=O)NC. The molecule has 0 spiro atoms. The third kappa shape index (κ3) is 3.77. The van der Waals surface area contributed by atoms with Crippen LogP contribution in [0.1, 0.15) is 29.5 Å². The summed E-state index contributed by atoms with van der Waals surface area (Å²) in [6, 6.07) is -0.570. The number of hydrogen-bond donors (Lipinski definition) is 2. The number of urea groups is 1. The molecular formula is C11H17N5O4. The van der Waals surface area contributed by atoms with E-state index >= 15 is 0 Å². The second kappa shape index (κ2) is 7.22. The van der Waals surface area contributed by atoms with Crippen molar-refractivity contribution in [2.45, 2.75) is 26.3 Å². The van der Waals surface area contributed by atoms with Crippen molar-refractivity contribution >= 4 is 17.9 Å². The molecule has 0 saturated heterocycles. The minimum Gasteiger partial charge on any atom is -0.464 e. The van der Waals surface area contributed by atoms with Gasteiger partial charge in [0.15, 0.2) is 5.69 Å². The third-order valence-corrected chi connectivity index (χ3v) is 2.58. The first kappa shape index (κ1) is 15.6. The Kier molecular flexibility index (Phi) is 5.63. The normalized spacial score (nSPS) is 9.95. The van der Waals surface area contributed by atoms with Crippen molar-refractivity contribution in [3.63, 3.8) is 0 Å². The van der Waals surface area contributed by atoms with Crippen molar-refractivity contribution in [2.24, 2.45) is 0 Å². The fraction of sp³-hybridized carbons (Fsp3) is 0.545. The number of nitrogens with zero attached hydrogens (tertiary/aromatic N) is 3. The summed E-state index contributed by atoms with van der Waals surface area (Å²) in [5.74, 6) is -1.01. The molecule has 0 aromatic carbocycles. The summed E-state index contributed by atoms with van der Waals surface area (Å²) in [5.41, 5.74) is 0.728. The van der Waals surface area contributed by atoms with E-state index in [9.17, 15) is 14.4 Å². The fourth-order valence-electron chi connectivity index (χ4n) is 1.58. The van der Waals surface area contributed by atoms with Gasteiger partial charge in [-0.3, -0.25) is 10.1 Å². The highest BCUT2D eigenvalue weighted by molar-refractivity contribution is 5.94. The number of methoxy groups -OCH3 is 1. The number of hydrogen-bond acceptors (Lipinski definition) is 6. The lowest BCUT2D eigenvalue weighted by molar-refractivity contribution is -0.120. The Hall–Kier alpha value is -2.45. The molecule has 0 aliphatic heterocycles. The van der Waals surface area contributed by atoms with E-state index in [1.807, 2.05) is 6.92 Å². The van der Waals surface area contributed by atoms with Gasteiger partial charge in [-0.2, -0.15) is 0 Å². The van der Waals surface area contributed by atoms with Crippen molar-refractivity contribution in [2.75, 3.05) is 14.2 Å². The minimum atomic E-state index is -0.570. The molecule has 9 nitrogen and oxygen atoms in total. The van der Waals surface area contributed by atoms with Crippen molar-refractivity contribution in [1.29, 1.82) is 0 Å². The van der Waals surface area contributed by atoms with Crippen LogP contribution in [0.2, 0.25) is 0 Å². The Labute approximate surface area is 115 Å². The van der Waals surface area contributed by atoms with E-state index in [-0.39, 0.29) is 18.7 Å². The van der Waals surface area contributed by atoms with Crippen molar-refractivity contribution < 1.29 is 19.1 Å². The molecule has 0 aliphatic carbocycles. The number of ether oxygens (including phenoxy) is 1. The van der Waals surface area contributed by atoms with Gasteiger partial charge in [-0.25, -0.2) is 14.3 Å². The first-order chi connectivity index (χ1) is 9.53. The lowest BCUT2D eigenvalue weighted by atomic mass is 10.2. The van der Waals surface area contributed by atoms with E-state index in [2.05, 4.69) is 25.7 Å². The van der Waals surface area contributed by atoms with E-state index < -0.39 is 17.9 Å². The Bertz CT molecular complexity index is 511. The highest BCUT2D eigenvalue weighted by Gasteiger charge is 2.19. The molecule has 2 N–H and O–H groups in total. The van der Waals surface area contributed by atoms with Gasteiger partial charge in [-0.05, 0) is 6.42 Å². The number of amides is 3. The highest BCUT2D eigenvalue weighted by atomic mass is 16.5. The van der Waals surface area contributed by atoms with Crippen LogP contribution in [-0.2, 0) is 22.5 Å². The zero-order valence-corrected chi connectivity index (χ0v) is 11.6. The van der Waals surface area contributed by atoms with E-state index in [1.165, 1.54) is 18.8 Å². The number of esters is 1. The molecule has 1 aromatic rings. The molecule has 0 aliphatic rings.